The standard InChI is InChI=1S/C12H24N2O/c1-4-14(9-6-10-15)8-5-7-12(2,3)11-13/h15H,4-10H2,1-3H3. The number of nitriles is 1. The summed E-state index contributed by atoms with van der Waals surface area (Å²) >= 11 is 0. The second-order valence-corrected chi connectivity index (χ2v) is 4.61. The van der Waals surface area contributed by atoms with E-state index in [0.29, 0.717) is 0 Å². The fourth-order valence-corrected chi connectivity index (χ4v) is 1.52. The molecule has 15 heavy (non-hydrogen) atoms. The zero-order chi connectivity index (χ0) is 11.7. The van der Waals surface area contributed by atoms with Crippen LogP contribution in [0.5, 0.6) is 0 Å². The lowest BCUT2D eigenvalue weighted by molar-refractivity contribution is 0.222. The first-order chi connectivity index (χ1) is 7.05. The molecular formula is C12H24N2O. The monoisotopic (exact) mass is 212 g/mol. The summed E-state index contributed by atoms with van der Waals surface area (Å²) in [5.41, 5.74) is -0.198. The zero-order valence-electron chi connectivity index (χ0n) is 10.3. The van der Waals surface area contributed by atoms with E-state index in [1.54, 1.807) is 0 Å². The Morgan fingerprint density at radius 2 is 1.87 bits per heavy atom. The van der Waals surface area contributed by atoms with Crippen LogP contribution in [-0.4, -0.2) is 36.2 Å². The number of aliphatic hydroxyl groups excluding tert-OH is 1. The van der Waals surface area contributed by atoms with Gasteiger partial charge in [0.25, 0.3) is 0 Å². The van der Waals surface area contributed by atoms with Crippen molar-refractivity contribution in [3.63, 3.8) is 0 Å². The summed E-state index contributed by atoms with van der Waals surface area (Å²) in [6.07, 6.45) is 2.84. The quantitative estimate of drug-likeness (QED) is 0.669. The summed E-state index contributed by atoms with van der Waals surface area (Å²) in [6.45, 7) is 9.37. The fraction of sp³-hybridized carbons (Fsp3) is 0.917. The van der Waals surface area contributed by atoms with Gasteiger partial charge in [-0.15, -0.1) is 0 Å². The van der Waals surface area contributed by atoms with Crippen LogP contribution in [0.1, 0.15) is 40.0 Å². The normalized spacial score (nSPS) is 11.7. The predicted octanol–water partition coefficient (Wildman–Crippen LogP) is 2.02. The first-order valence-corrected chi connectivity index (χ1v) is 5.80. The van der Waals surface area contributed by atoms with E-state index >= 15 is 0 Å². The van der Waals surface area contributed by atoms with Crippen LogP contribution < -0.4 is 0 Å². The second kappa shape index (κ2) is 7.67. The maximum absolute atomic E-state index is 8.86. The van der Waals surface area contributed by atoms with Gasteiger partial charge in [0.15, 0.2) is 0 Å². The molecule has 0 saturated carbocycles. The highest BCUT2D eigenvalue weighted by molar-refractivity contribution is 4.91. The third-order valence-corrected chi connectivity index (χ3v) is 2.66. The van der Waals surface area contributed by atoms with E-state index in [1.165, 1.54) is 0 Å². The molecule has 0 rings (SSSR count). The van der Waals surface area contributed by atoms with Crippen molar-refractivity contribution in [2.75, 3.05) is 26.2 Å². The molecule has 0 aliphatic rings. The molecule has 0 bridgehead atoms. The van der Waals surface area contributed by atoms with Gasteiger partial charge < -0.3 is 10.0 Å². The lowest BCUT2D eigenvalue weighted by Gasteiger charge is -2.22. The minimum atomic E-state index is -0.198. The van der Waals surface area contributed by atoms with E-state index < -0.39 is 0 Å². The van der Waals surface area contributed by atoms with E-state index in [0.717, 1.165) is 38.9 Å². The summed E-state index contributed by atoms with van der Waals surface area (Å²) in [5.74, 6) is 0. The van der Waals surface area contributed by atoms with Crippen molar-refractivity contribution >= 4 is 0 Å². The predicted molar refractivity (Wildman–Crippen MR) is 62.4 cm³/mol. The molecule has 0 saturated heterocycles. The number of hydrogen-bond acceptors (Lipinski definition) is 3. The minimum Gasteiger partial charge on any atom is -0.396 e. The van der Waals surface area contributed by atoms with Crippen molar-refractivity contribution < 1.29 is 5.11 Å². The molecule has 0 amide bonds. The Morgan fingerprint density at radius 3 is 2.33 bits per heavy atom. The Kier molecular flexibility index (Phi) is 7.37. The van der Waals surface area contributed by atoms with Gasteiger partial charge in [0.1, 0.15) is 0 Å². The van der Waals surface area contributed by atoms with Gasteiger partial charge in [0, 0.05) is 13.2 Å². The number of rotatable bonds is 8. The third kappa shape index (κ3) is 7.35. The summed E-state index contributed by atoms with van der Waals surface area (Å²) in [7, 11) is 0. The van der Waals surface area contributed by atoms with Crippen LogP contribution >= 0.6 is 0 Å². The number of aliphatic hydroxyl groups is 1. The van der Waals surface area contributed by atoms with Gasteiger partial charge in [-0.2, -0.15) is 5.26 Å². The highest BCUT2D eigenvalue weighted by Gasteiger charge is 2.16. The van der Waals surface area contributed by atoms with Crippen LogP contribution in [0, 0.1) is 16.7 Å². The minimum absolute atomic E-state index is 0.198. The molecule has 0 aliphatic heterocycles. The van der Waals surface area contributed by atoms with Gasteiger partial charge in [-0.25, -0.2) is 0 Å². The topological polar surface area (TPSA) is 47.3 Å². The smallest absolute Gasteiger partial charge is 0.0683 e. The summed E-state index contributed by atoms with van der Waals surface area (Å²) in [6, 6.07) is 2.32. The van der Waals surface area contributed by atoms with Crippen molar-refractivity contribution in [1.29, 1.82) is 5.26 Å². The van der Waals surface area contributed by atoms with Gasteiger partial charge >= 0.3 is 0 Å². The molecule has 0 aliphatic carbocycles. The Hall–Kier alpha value is -0.590. The number of nitrogens with zero attached hydrogens (tertiary/aromatic N) is 2. The largest absolute Gasteiger partial charge is 0.396 e. The maximum Gasteiger partial charge on any atom is 0.0683 e. The molecule has 0 aromatic heterocycles. The highest BCUT2D eigenvalue weighted by Crippen LogP contribution is 2.20. The molecule has 0 fully saturated rings. The molecule has 0 aromatic carbocycles. The molecule has 0 radical (unpaired) electrons. The van der Waals surface area contributed by atoms with Crippen molar-refractivity contribution in [2.24, 2.45) is 5.41 Å². The first-order valence-electron chi connectivity index (χ1n) is 5.80. The lowest BCUT2D eigenvalue weighted by Crippen LogP contribution is -2.27. The first kappa shape index (κ1) is 14.4. The van der Waals surface area contributed by atoms with Crippen LogP contribution in [0.4, 0.5) is 0 Å². The van der Waals surface area contributed by atoms with E-state index in [1.807, 2.05) is 13.8 Å². The van der Waals surface area contributed by atoms with Crippen molar-refractivity contribution in [3.05, 3.63) is 0 Å². The molecule has 0 aromatic rings. The molecule has 1 N–H and O–H groups in total. The summed E-state index contributed by atoms with van der Waals surface area (Å²) in [5, 5.41) is 17.6. The zero-order valence-corrected chi connectivity index (χ0v) is 10.3. The average molecular weight is 212 g/mol. The molecule has 0 spiro atoms. The van der Waals surface area contributed by atoms with E-state index in [-0.39, 0.29) is 12.0 Å². The Balaban J connectivity index is 3.68. The summed E-state index contributed by atoms with van der Waals surface area (Å²) in [4.78, 5) is 2.32. The van der Waals surface area contributed by atoms with Crippen LogP contribution in [0.3, 0.4) is 0 Å². The van der Waals surface area contributed by atoms with Gasteiger partial charge in [0.05, 0.1) is 11.5 Å². The Bertz CT molecular complexity index is 196. The molecule has 0 unspecified atom stereocenters. The molecule has 88 valence electrons. The Morgan fingerprint density at radius 1 is 1.27 bits per heavy atom. The fourth-order valence-electron chi connectivity index (χ4n) is 1.52. The maximum atomic E-state index is 8.86. The summed E-state index contributed by atoms with van der Waals surface area (Å²) < 4.78 is 0. The van der Waals surface area contributed by atoms with Crippen LogP contribution in [0.2, 0.25) is 0 Å². The second-order valence-electron chi connectivity index (χ2n) is 4.61. The van der Waals surface area contributed by atoms with Gasteiger partial charge in [-0.05, 0) is 46.2 Å². The van der Waals surface area contributed by atoms with Crippen LogP contribution in [0.25, 0.3) is 0 Å². The molecular weight excluding hydrogens is 188 g/mol. The van der Waals surface area contributed by atoms with E-state index in [9.17, 15) is 0 Å². The molecule has 3 nitrogen and oxygen atoms in total. The van der Waals surface area contributed by atoms with E-state index in [2.05, 4.69) is 17.9 Å². The van der Waals surface area contributed by atoms with E-state index in [4.69, 9.17) is 10.4 Å². The van der Waals surface area contributed by atoms with Gasteiger partial charge in [-0.1, -0.05) is 6.92 Å². The molecule has 0 heterocycles. The molecule has 0 atom stereocenters. The lowest BCUT2D eigenvalue weighted by atomic mass is 9.90. The van der Waals surface area contributed by atoms with Crippen molar-refractivity contribution in [2.45, 2.75) is 40.0 Å². The van der Waals surface area contributed by atoms with Gasteiger partial charge in [0.2, 0.25) is 0 Å². The Labute approximate surface area is 93.7 Å². The highest BCUT2D eigenvalue weighted by atomic mass is 16.3. The average Bonchev–Trinajstić information content (AvgIpc) is 2.23. The van der Waals surface area contributed by atoms with Crippen molar-refractivity contribution in [3.8, 4) is 6.07 Å². The molecule has 3 heteroatoms. The van der Waals surface area contributed by atoms with Crippen molar-refractivity contribution in [1.82, 2.24) is 4.90 Å². The third-order valence-electron chi connectivity index (χ3n) is 2.66. The van der Waals surface area contributed by atoms with Crippen LogP contribution in [0.15, 0.2) is 0 Å². The van der Waals surface area contributed by atoms with Crippen LogP contribution in [-0.2, 0) is 0 Å². The van der Waals surface area contributed by atoms with Gasteiger partial charge in [-0.3, -0.25) is 0 Å². The number of hydrogen-bond donors (Lipinski definition) is 1. The SMILES string of the molecule is CCN(CCCO)CCCC(C)(C)C#N.